The third kappa shape index (κ3) is 4.04. The highest BCUT2D eigenvalue weighted by Gasteiger charge is 2.20. The van der Waals surface area contributed by atoms with Crippen molar-refractivity contribution >= 4 is 5.91 Å². The number of aryl methyl sites for hydroxylation is 1. The molecule has 0 saturated carbocycles. The van der Waals surface area contributed by atoms with E-state index in [0.29, 0.717) is 12.3 Å². The summed E-state index contributed by atoms with van der Waals surface area (Å²) >= 11 is 0. The van der Waals surface area contributed by atoms with E-state index in [9.17, 15) is 4.79 Å². The Hall–Kier alpha value is -1.42. The average Bonchev–Trinajstić information content (AvgIpc) is 2.48. The summed E-state index contributed by atoms with van der Waals surface area (Å²) < 4.78 is 0. The van der Waals surface area contributed by atoms with Crippen LogP contribution in [0.25, 0.3) is 0 Å². The topological polar surface area (TPSA) is 45.2 Å². The largest absolute Gasteiger partial charge is 0.342 e. The molecule has 1 aliphatic rings. The minimum absolute atomic E-state index is 0.202. The lowest BCUT2D eigenvalue weighted by atomic mass is 9.97. The first kappa shape index (κ1) is 15.0. The van der Waals surface area contributed by atoms with Crippen LogP contribution >= 0.6 is 0 Å². The van der Waals surface area contributed by atoms with Gasteiger partial charge in [0.1, 0.15) is 0 Å². The van der Waals surface area contributed by atoms with Crippen LogP contribution in [0.5, 0.6) is 0 Å². The number of nitrogens with one attached hydrogen (secondary N) is 1. The summed E-state index contributed by atoms with van der Waals surface area (Å²) in [4.78, 5) is 18.8. The Morgan fingerprint density at radius 1 is 1.45 bits per heavy atom. The Balaban J connectivity index is 1.93. The molecule has 20 heavy (non-hydrogen) atoms. The maximum Gasteiger partial charge on any atom is 0.228 e. The van der Waals surface area contributed by atoms with Crippen LogP contribution in [0.3, 0.4) is 0 Å². The molecule has 1 aliphatic heterocycles. The van der Waals surface area contributed by atoms with Gasteiger partial charge in [0.2, 0.25) is 5.91 Å². The molecular formula is C16H25N3O. The van der Waals surface area contributed by atoms with Gasteiger partial charge in [-0.25, -0.2) is 0 Å². The van der Waals surface area contributed by atoms with Crippen LogP contribution in [0.15, 0.2) is 18.3 Å². The van der Waals surface area contributed by atoms with Crippen LogP contribution in [-0.2, 0) is 11.2 Å². The molecule has 0 aromatic carbocycles. The Bertz CT molecular complexity index is 441. The number of hydrogen-bond acceptors (Lipinski definition) is 3. The van der Waals surface area contributed by atoms with Crippen molar-refractivity contribution in [2.24, 2.45) is 5.92 Å². The minimum Gasteiger partial charge on any atom is -0.342 e. The summed E-state index contributed by atoms with van der Waals surface area (Å²) in [5, 5.41) is 3.37. The molecule has 1 amide bonds. The van der Waals surface area contributed by atoms with Crippen molar-refractivity contribution in [3.05, 3.63) is 29.6 Å². The molecule has 110 valence electrons. The molecule has 1 saturated heterocycles. The van der Waals surface area contributed by atoms with E-state index in [2.05, 4.69) is 17.2 Å². The number of rotatable bonds is 5. The summed E-state index contributed by atoms with van der Waals surface area (Å²) in [6, 6.07) is 3.93. The maximum absolute atomic E-state index is 12.4. The van der Waals surface area contributed by atoms with Gasteiger partial charge in [-0.15, -0.1) is 0 Å². The molecule has 0 spiro atoms. The smallest absolute Gasteiger partial charge is 0.228 e. The van der Waals surface area contributed by atoms with Gasteiger partial charge in [-0.2, -0.15) is 0 Å². The van der Waals surface area contributed by atoms with Crippen LogP contribution in [0.1, 0.15) is 31.0 Å². The Morgan fingerprint density at radius 2 is 2.20 bits per heavy atom. The zero-order chi connectivity index (χ0) is 14.4. The molecule has 0 bridgehead atoms. The number of hydrogen-bond donors (Lipinski definition) is 1. The third-order valence-corrected chi connectivity index (χ3v) is 4.11. The number of likely N-dealkylation sites (N-methyl/N-ethyl adjacent to an activating group) is 1. The summed E-state index contributed by atoms with van der Waals surface area (Å²) in [7, 11) is 0. The molecule has 1 aromatic rings. The van der Waals surface area contributed by atoms with Crippen molar-refractivity contribution in [1.29, 1.82) is 0 Å². The molecule has 0 aliphatic carbocycles. The van der Waals surface area contributed by atoms with E-state index in [-0.39, 0.29) is 5.91 Å². The first-order valence-corrected chi connectivity index (χ1v) is 7.59. The van der Waals surface area contributed by atoms with Crippen molar-refractivity contribution in [1.82, 2.24) is 15.2 Å². The first-order chi connectivity index (χ1) is 9.70. The van der Waals surface area contributed by atoms with E-state index in [0.717, 1.165) is 37.4 Å². The van der Waals surface area contributed by atoms with Gasteiger partial charge in [-0.05, 0) is 57.3 Å². The summed E-state index contributed by atoms with van der Waals surface area (Å²) in [5.41, 5.74) is 2.00. The van der Waals surface area contributed by atoms with Crippen LogP contribution in [0, 0.1) is 12.8 Å². The zero-order valence-corrected chi connectivity index (χ0v) is 12.6. The fourth-order valence-corrected chi connectivity index (χ4v) is 2.74. The van der Waals surface area contributed by atoms with Gasteiger partial charge in [0.15, 0.2) is 0 Å². The van der Waals surface area contributed by atoms with Gasteiger partial charge in [-0.3, -0.25) is 9.78 Å². The second kappa shape index (κ2) is 7.39. The van der Waals surface area contributed by atoms with Crippen molar-refractivity contribution in [2.75, 3.05) is 26.2 Å². The number of carbonyl (C=O) groups excluding carboxylic acids is 1. The molecule has 2 rings (SSSR count). The van der Waals surface area contributed by atoms with E-state index < -0.39 is 0 Å². The Labute approximate surface area is 121 Å². The SMILES string of the molecule is CCN(CC1CCNCC1)C(=O)Cc1ncccc1C. The normalized spacial score (nSPS) is 16.1. The highest BCUT2D eigenvalue weighted by Crippen LogP contribution is 2.14. The molecule has 0 radical (unpaired) electrons. The molecule has 0 unspecified atom stereocenters. The molecule has 1 fully saturated rings. The summed E-state index contributed by atoms with van der Waals surface area (Å²) in [6.07, 6.45) is 4.53. The average molecular weight is 275 g/mol. The highest BCUT2D eigenvalue weighted by molar-refractivity contribution is 5.78. The van der Waals surface area contributed by atoms with Gasteiger partial charge in [-0.1, -0.05) is 6.07 Å². The van der Waals surface area contributed by atoms with E-state index in [1.165, 1.54) is 12.8 Å². The zero-order valence-electron chi connectivity index (χ0n) is 12.6. The number of amides is 1. The monoisotopic (exact) mass is 275 g/mol. The fourth-order valence-electron chi connectivity index (χ4n) is 2.74. The fraction of sp³-hybridized carbons (Fsp3) is 0.625. The standard InChI is InChI=1S/C16H25N3O/c1-3-19(12-14-6-9-17-10-7-14)16(20)11-15-13(2)5-4-8-18-15/h4-5,8,14,17H,3,6-7,9-12H2,1-2H3. The molecule has 4 nitrogen and oxygen atoms in total. The lowest BCUT2D eigenvalue weighted by molar-refractivity contribution is -0.131. The maximum atomic E-state index is 12.4. The molecule has 1 N–H and O–H groups in total. The van der Waals surface area contributed by atoms with E-state index >= 15 is 0 Å². The predicted molar refractivity (Wildman–Crippen MR) is 80.5 cm³/mol. The van der Waals surface area contributed by atoms with Crippen molar-refractivity contribution in [3.8, 4) is 0 Å². The molecule has 0 atom stereocenters. The van der Waals surface area contributed by atoms with Crippen molar-refractivity contribution < 1.29 is 4.79 Å². The van der Waals surface area contributed by atoms with E-state index in [1.54, 1.807) is 6.20 Å². The predicted octanol–water partition coefficient (Wildman–Crippen LogP) is 1.78. The summed E-state index contributed by atoms with van der Waals surface area (Å²) in [5.74, 6) is 0.845. The molecule has 1 aromatic heterocycles. The quantitative estimate of drug-likeness (QED) is 0.891. The second-order valence-electron chi connectivity index (χ2n) is 5.57. The Morgan fingerprint density at radius 3 is 2.85 bits per heavy atom. The first-order valence-electron chi connectivity index (χ1n) is 7.59. The van der Waals surface area contributed by atoms with Gasteiger partial charge < -0.3 is 10.2 Å². The molecule has 4 heteroatoms. The second-order valence-corrected chi connectivity index (χ2v) is 5.57. The van der Waals surface area contributed by atoms with Gasteiger partial charge in [0.05, 0.1) is 12.1 Å². The van der Waals surface area contributed by atoms with Crippen LogP contribution in [-0.4, -0.2) is 42.0 Å². The van der Waals surface area contributed by atoms with Gasteiger partial charge in [0.25, 0.3) is 0 Å². The number of nitrogens with zero attached hydrogens (tertiary/aromatic N) is 2. The lowest BCUT2D eigenvalue weighted by Gasteiger charge is -2.29. The van der Waals surface area contributed by atoms with Crippen LogP contribution < -0.4 is 5.32 Å². The van der Waals surface area contributed by atoms with Gasteiger partial charge in [0, 0.05) is 19.3 Å². The van der Waals surface area contributed by atoms with Crippen molar-refractivity contribution in [2.45, 2.75) is 33.1 Å². The number of piperidine rings is 1. The third-order valence-electron chi connectivity index (χ3n) is 4.11. The van der Waals surface area contributed by atoms with Crippen LogP contribution in [0.2, 0.25) is 0 Å². The number of aromatic nitrogens is 1. The minimum atomic E-state index is 0.202. The van der Waals surface area contributed by atoms with Crippen LogP contribution in [0.4, 0.5) is 0 Å². The molecular weight excluding hydrogens is 250 g/mol. The summed E-state index contributed by atoms with van der Waals surface area (Å²) in [6.45, 7) is 7.91. The molecule has 2 heterocycles. The lowest BCUT2D eigenvalue weighted by Crippen LogP contribution is -2.40. The van der Waals surface area contributed by atoms with Gasteiger partial charge >= 0.3 is 0 Å². The van der Waals surface area contributed by atoms with Crippen molar-refractivity contribution in [3.63, 3.8) is 0 Å². The van der Waals surface area contributed by atoms with E-state index in [4.69, 9.17) is 0 Å². The number of pyridine rings is 1. The van der Waals surface area contributed by atoms with E-state index in [1.807, 2.05) is 24.0 Å². The number of carbonyl (C=O) groups is 1. The highest BCUT2D eigenvalue weighted by atomic mass is 16.2. The Kier molecular flexibility index (Phi) is 5.53.